The molecule has 1 heterocycles. The Balaban J connectivity index is 1.75. The highest BCUT2D eigenvalue weighted by Gasteiger charge is 2.25. The zero-order chi connectivity index (χ0) is 16.2. The zero-order valence-corrected chi connectivity index (χ0v) is 13.7. The average molecular weight is 326 g/mol. The maximum absolute atomic E-state index is 12.1. The monoisotopic (exact) mass is 326 g/mol. The van der Waals surface area contributed by atoms with E-state index in [9.17, 15) is 13.2 Å². The molecule has 1 amide bonds. The molecule has 2 rings (SSSR count). The molecular formula is C15H22N2O4S. The summed E-state index contributed by atoms with van der Waals surface area (Å²) in [6.07, 6.45) is 2.42. The summed E-state index contributed by atoms with van der Waals surface area (Å²) in [7, 11) is -1.63. The van der Waals surface area contributed by atoms with Crippen LogP contribution in [0.15, 0.2) is 24.3 Å². The van der Waals surface area contributed by atoms with E-state index in [0.29, 0.717) is 32.5 Å². The molecule has 0 saturated heterocycles. The Morgan fingerprint density at radius 2 is 2.14 bits per heavy atom. The van der Waals surface area contributed by atoms with Crippen molar-refractivity contribution in [2.45, 2.75) is 12.8 Å². The molecule has 7 heteroatoms. The van der Waals surface area contributed by atoms with Crippen molar-refractivity contribution in [3.8, 4) is 5.75 Å². The second-order valence-electron chi connectivity index (χ2n) is 5.55. The van der Waals surface area contributed by atoms with E-state index < -0.39 is 10.0 Å². The van der Waals surface area contributed by atoms with Crippen LogP contribution in [0.3, 0.4) is 0 Å². The molecule has 0 fully saturated rings. The molecule has 1 aliphatic rings. The molecule has 1 atom stereocenters. The number of ether oxygens (including phenoxy) is 1. The topological polar surface area (TPSA) is 75.7 Å². The van der Waals surface area contributed by atoms with Gasteiger partial charge in [-0.15, -0.1) is 0 Å². The number of fused-ring (bicyclic) bond motifs is 1. The molecule has 0 aliphatic carbocycles. The van der Waals surface area contributed by atoms with Gasteiger partial charge in [-0.3, -0.25) is 4.79 Å². The van der Waals surface area contributed by atoms with Crippen LogP contribution in [-0.4, -0.2) is 51.6 Å². The summed E-state index contributed by atoms with van der Waals surface area (Å²) >= 11 is 0. The van der Waals surface area contributed by atoms with Gasteiger partial charge in [-0.2, -0.15) is 0 Å². The Kier molecular flexibility index (Phi) is 5.42. The maximum Gasteiger partial charge on any atom is 0.226 e. The van der Waals surface area contributed by atoms with Gasteiger partial charge >= 0.3 is 0 Å². The standard InChI is InChI=1S/C15H22N2O4S/c1-17(22(2,19)20)9-5-8-16-15(18)13-10-12-6-3-4-7-14(12)21-11-13/h3-4,6-7,13H,5,8-11H2,1-2H3,(H,16,18). The van der Waals surface area contributed by atoms with Crippen molar-refractivity contribution in [1.29, 1.82) is 0 Å². The molecule has 0 spiro atoms. The van der Waals surface area contributed by atoms with Gasteiger partial charge in [0.05, 0.1) is 12.2 Å². The quantitative estimate of drug-likeness (QED) is 0.778. The first-order valence-corrected chi connectivity index (χ1v) is 9.12. The van der Waals surface area contributed by atoms with Crippen LogP contribution in [0.2, 0.25) is 0 Å². The number of nitrogens with zero attached hydrogens (tertiary/aromatic N) is 1. The highest BCUT2D eigenvalue weighted by molar-refractivity contribution is 7.88. The fourth-order valence-electron chi connectivity index (χ4n) is 2.32. The van der Waals surface area contributed by atoms with Crippen LogP contribution >= 0.6 is 0 Å². The Morgan fingerprint density at radius 1 is 1.41 bits per heavy atom. The second kappa shape index (κ2) is 7.11. The normalized spacial score (nSPS) is 17.7. The summed E-state index contributed by atoms with van der Waals surface area (Å²) < 4.78 is 29.4. The molecular weight excluding hydrogens is 304 g/mol. The van der Waals surface area contributed by atoms with Crippen molar-refractivity contribution in [3.63, 3.8) is 0 Å². The zero-order valence-electron chi connectivity index (χ0n) is 12.9. The Labute approximate surface area is 131 Å². The van der Waals surface area contributed by atoms with Crippen LogP contribution in [0.1, 0.15) is 12.0 Å². The Hall–Kier alpha value is -1.60. The van der Waals surface area contributed by atoms with Crippen molar-refractivity contribution in [2.24, 2.45) is 5.92 Å². The highest BCUT2D eigenvalue weighted by atomic mass is 32.2. The minimum absolute atomic E-state index is 0.0449. The number of para-hydroxylation sites is 1. The molecule has 6 nitrogen and oxygen atoms in total. The van der Waals surface area contributed by atoms with Crippen LogP contribution in [0, 0.1) is 5.92 Å². The third kappa shape index (κ3) is 4.45. The van der Waals surface area contributed by atoms with E-state index in [1.165, 1.54) is 17.6 Å². The summed E-state index contributed by atoms with van der Waals surface area (Å²) in [4.78, 5) is 12.1. The van der Waals surface area contributed by atoms with Gasteiger partial charge in [-0.25, -0.2) is 12.7 Å². The van der Waals surface area contributed by atoms with Crippen LogP contribution in [-0.2, 0) is 21.2 Å². The first-order chi connectivity index (χ1) is 10.4. The highest BCUT2D eigenvalue weighted by Crippen LogP contribution is 2.26. The lowest BCUT2D eigenvalue weighted by atomic mass is 9.96. The van der Waals surface area contributed by atoms with Crippen molar-refractivity contribution < 1.29 is 17.9 Å². The average Bonchev–Trinajstić information content (AvgIpc) is 2.49. The van der Waals surface area contributed by atoms with E-state index in [0.717, 1.165) is 11.3 Å². The van der Waals surface area contributed by atoms with E-state index >= 15 is 0 Å². The van der Waals surface area contributed by atoms with Gasteiger partial charge in [0, 0.05) is 20.1 Å². The molecule has 1 aromatic rings. The molecule has 1 aromatic carbocycles. The fourth-order valence-corrected chi connectivity index (χ4v) is 2.78. The predicted octanol–water partition coefficient (Wildman–Crippen LogP) is 0.635. The van der Waals surface area contributed by atoms with E-state index in [-0.39, 0.29) is 11.8 Å². The molecule has 1 aliphatic heterocycles. The number of carbonyl (C=O) groups is 1. The van der Waals surface area contributed by atoms with Crippen molar-refractivity contribution in [2.75, 3.05) is 33.0 Å². The van der Waals surface area contributed by atoms with Crippen LogP contribution < -0.4 is 10.1 Å². The molecule has 0 saturated carbocycles. The number of nitrogens with one attached hydrogen (secondary N) is 1. The number of hydrogen-bond acceptors (Lipinski definition) is 4. The summed E-state index contributed by atoms with van der Waals surface area (Å²) in [6, 6.07) is 7.72. The molecule has 122 valence electrons. The maximum atomic E-state index is 12.1. The first kappa shape index (κ1) is 16.8. The van der Waals surface area contributed by atoms with Gasteiger partial charge in [0.15, 0.2) is 0 Å². The van der Waals surface area contributed by atoms with Crippen molar-refractivity contribution >= 4 is 15.9 Å². The second-order valence-corrected chi connectivity index (χ2v) is 7.64. The lowest BCUT2D eigenvalue weighted by Crippen LogP contribution is -2.38. The van der Waals surface area contributed by atoms with Gasteiger partial charge in [0.25, 0.3) is 0 Å². The lowest BCUT2D eigenvalue weighted by Gasteiger charge is -2.24. The molecule has 0 bridgehead atoms. The van der Waals surface area contributed by atoms with Crippen molar-refractivity contribution in [3.05, 3.63) is 29.8 Å². The first-order valence-electron chi connectivity index (χ1n) is 7.27. The largest absolute Gasteiger partial charge is 0.492 e. The summed E-state index contributed by atoms with van der Waals surface area (Å²) in [5.74, 6) is 0.611. The summed E-state index contributed by atoms with van der Waals surface area (Å²) in [5.41, 5.74) is 1.05. The minimum atomic E-state index is -3.16. The number of hydrogen-bond donors (Lipinski definition) is 1. The van der Waals surface area contributed by atoms with Gasteiger partial charge in [-0.1, -0.05) is 18.2 Å². The number of amides is 1. The molecule has 1 N–H and O–H groups in total. The Bertz CT molecular complexity index is 630. The third-order valence-corrected chi connectivity index (χ3v) is 5.08. The van der Waals surface area contributed by atoms with E-state index in [4.69, 9.17) is 4.74 Å². The number of rotatable bonds is 6. The van der Waals surface area contributed by atoms with Gasteiger partial charge in [0.1, 0.15) is 12.4 Å². The predicted molar refractivity (Wildman–Crippen MR) is 84.2 cm³/mol. The van der Waals surface area contributed by atoms with Crippen molar-refractivity contribution in [1.82, 2.24) is 9.62 Å². The van der Waals surface area contributed by atoms with E-state index in [1.54, 1.807) is 0 Å². The lowest BCUT2D eigenvalue weighted by molar-refractivity contribution is -0.126. The fraction of sp³-hybridized carbons (Fsp3) is 0.533. The van der Waals surface area contributed by atoms with Crippen LogP contribution in [0.4, 0.5) is 0 Å². The summed E-state index contributed by atoms with van der Waals surface area (Å²) in [5, 5.41) is 2.85. The van der Waals surface area contributed by atoms with Crippen LogP contribution in [0.5, 0.6) is 5.75 Å². The molecule has 0 radical (unpaired) electrons. The molecule has 0 aromatic heterocycles. The minimum Gasteiger partial charge on any atom is -0.492 e. The smallest absolute Gasteiger partial charge is 0.226 e. The van der Waals surface area contributed by atoms with Gasteiger partial charge in [-0.05, 0) is 24.5 Å². The number of sulfonamides is 1. The Morgan fingerprint density at radius 3 is 2.86 bits per heavy atom. The molecule has 1 unspecified atom stereocenters. The third-order valence-electron chi connectivity index (χ3n) is 3.76. The number of benzene rings is 1. The van der Waals surface area contributed by atoms with Gasteiger partial charge in [0.2, 0.25) is 15.9 Å². The van der Waals surface area contributed by atoms with Crippen LogP contribution in [0.25, 0.3) is 0 Å². The molecule has 22 heavy (non-hydrogen) atoms. The summed E-state index contributed by atoms with van der Waals surface area (Å²) in [6.45, 7) is 1.23. The number of carbonyl (C=O) groups excluding carboxylic acids is 1. The SMILES string of the molecule is CN(CCCNC(=O)C1COc2ccccc2C1)S(C)(=O)=O. The van der Waals surface area contributed by atoms with E-state index in [2.05, 4.69) is 5.32 Å². The van der Waals surface area contributed by atoms with E-state index in [1.807, 2.05) is 24.3 Å². The van der Waals surface area contributed by atoms with Gasteiger partial charge < -0.3 is 10.1 Å².